The molecule has 0 unspecified atom stereocenters. The van der Waals surface area contributed by atoms with Gasteiger partial charge in [0.25, 0.3) is 0 Å². The van der Waals surface area contributed by atoms with Crippen molar-refractivity contribution in [1.29, 1.82) is 0 Å². The molecule has 7 heteroatoms. The summed E-state index contributed by atoms with van der Waals surface area (Å²) in [5.41, 5.74) is 4.79. The van der Waals surface area contributed by atoms with E-state index >= 15 is 0 Å². The number of anilines is 1. The Morgan fingerprint density at radius 3 is 2.64 bits per heavy atom. The molecule has 172 valence electrons. The standard InChI is InChI=1S/C26H32N6O/c33-26(30-14-9-20(10-15-30)16-19-4-2-1-3-5-19)21-17-31(18-21)25-22-6-11-27-12-7-23(22)29-24-8-13-28-32(24)25/h1-5,8,13,20-21,27H,6-7,9-12,14-18H2. The molecule has 0 bridgehead atoms. The number of aromatic nitrogens is 3. The predicted octanol–water partition coefficient (Wildman–Crippen LogP) is 2.33. The topological polar surface area (TPSA) is 65.8 Å². The molecule has 0 aliphatic carbocycles. The number of carbonyl (C=O) groups is 1. The molecule has 3 aromatic rings. The number of rotatable bonds is 4. The van der Waals surface area contributed by atoms with Crippen LogP contribution >= 0.6 is 0 Å². The highest BCUT2D eigenvalue weighted by atomic mass is 16.2. The van der Waals surface area contributed by atoms with E-state index in [2.05, 4.69) is 50.5 Å². The van der Waals surface area contributed by atoms with Crippen molar-refractivity contribution in [2.24, 2.45) is 11.8 Å². The van der Waals surface area contributed by atoms with Crippen molar-refractivity contribution < 1.29 is 4.79 Å². The summed E-state index contributed by atoms with van der Waals surface area (Å²) in [6.07, 6.45) is 7.06. The predicted molar refractivity (Wildman–Crippen MR) is 128 cm³/mol. The van der Waals surface area contributed by atoms with Crippen LogP contribution in [0.25, 0.3) is 5.65 Å². The maximum absolute atomic E-state index is 13.2. The minimum atomic E-state index is 0.0917. The molecule has 33 heavy (non-hydrogen) atoms. The zero-order valence-corrected chi connectivity index (χ0v) is 19.1. The third-order valence-corrected chi connectivity index (χ3v) is 7.61. The molecule has 1 aromatic carbocycles. The molecule has 1 N–H and O–H groups in total. The second-order valence-corrected chi connectivity index (χ2v) is 9.77. The van der Waals surface area contributed by atoms with Gasteiger partial charge in [0, 0.05) is 50.8 Å². The number of benzene rings is 1. The summed E-state index contributed by atoms with van der Waals surface area (Å²) in [4.78, 5) is 22.6. The number of carbonyl (C=O) groups excluding carboxylic acids is 1. The van der Waals surface area contributed by atoms with Crippen LogP contribution in [0.15, 0.2) is 42.6 Å². The van der Waals surface area contributed by atoms with Crippen molar-refractivity contribution >= 4 is 17.4 Å². The summed E-state index contributed by atoms with van der Waals surface area (Å²) >= 11 is 0. The molecular weight excluding hydrogens is 412 g/mol. The number of nitrogens with zero attached hydrogens (tertiary/aromatic N) is 5. The van der Waals surface area contributed by atoms with Crippen molar-refractivity contribution in [2.45, 2.75) is 32.1 Å². The van der Waals surface area contributed by atoms with Gasteiger partial charge in [-0.25, -0.2) is 4.98 Å². The minimum Gasteiger partial charge on any atom is -0.354 e. The number of fused-ring (bicyclic) bond motifs is 2. The van der Waals surface area contributed by atoms with Gasteiger partial charge >= 0.3 is 0 Å². The van der Waals surface area contributed by atoms with Gasteiger partial charge in [0.15, 0.2) is 5.65 Å². The van der Waals surface area contributed by atoms with Crippen molar-refractivity contribution in [2.75, 3.05) is 44.2 Å². The SMILES string of the molecule is O=C(C1CN(c2c3c(nc4ccnn24)CCNCC3)C1)N1CCC(Cc2ccccc2)CC1. The zero-order valence-electron chi connectivity index (χ0n) is 19.1. The fourth-order valence-electron chi connectivity index (χ4n) is 5.71. The summed E-state index contributed by atoms with van der Waals surface area (Å²) in [5.74, 6) is 2.26. The van der Waals surface area contributed by atoms with Gasteiger partial charge in [-0.2, -0.15) is 9.61 Å². The first kappa shape index (κ1) is 20.7. The van der Waals surface area contributed by atoms with Crippen LogP contribution in [-0.4, -0.2) is 64.7 Å². The van der Waals surface area contributed by atoms with Gasteiger partial charge in [-0.05, 0) is 43.7 Å². The summed E-state index contributed by atoms with van der Waals surface area (Å²) in [5, 5.41) is 8.04. The van der Waals surface area contributed by atoms with Crippen LogP contribution in [0, 0.1) is 11.8 Å². The smallest absolute Gasteiger partial charge is 0.229 e. The van der Waals surface area contributed by atoms with Gasteiger partial charge < -0.3 is 15.1 Å². The molecule has 3 aliphatic rings. The van der Waals surface area contributed by atoms with Crippen LogP contribution in [-0.2, 0) is 24.1 Å². The van der Waals surface area contributed by atoms with Crippen LogP contribution < -0.4 is 10.2 Å². The Balaban J connectivity index is 1.10. The van der Waals surface area contributed by atoms with Crippen LogP contribution in [0.5, 0.6) is 0 Å². The zero-order chi connectivity index (χ0) is 22.2. The van der Waals surface area contributed by atoms with Crippen molar-refractivity contribution in [3.8, 4) is 0 Å². The largest absolute Gasteiger partial charge is 0.354 e. The first-order chi connectivity index (χ1) is 16.3. The molecule has 0 spiro atoms. The van der Waals surface area contributed by atoms with Gasteiger partial charge in [0.05, 0.1) is 17.8 Å². The van der Waals surface area contributed by atoms with Crippen molar-refractivity contribution in [1.82, 2.24) is 24.8 Å². The number of hydrogen-bond acceptors (Lipinski definition) is 5. The van der Waals surface area contributed by atoms with Gasteiger partial charge in [-0.15, -0.1) is 0 Å². The van der Waals surface area contributed by atoms with E-state index in [1.165, 1.54) is 16.8 Å². The van der Waals surface area contributed by atoms with E-state index in [0.29, 0.717) is 11.8 Å². The molecule has 0 radical (unpaired) electrons. The minimum absolute atomic E-state index is 0.0917. The van der Waals surface area contributed by atoms with E-state index in [1.807, 2.05) is 16.8 Å². The number of hydrogen-bond donors (Lipinski definition) is 1. The van der Waals surface area contributed by atoms with Crippen molar-refractivity contribution in [3.05, 3.63) is 59.4 Å². The fraction of sp³-hybridized carbons (Fsp3) is 0.500. The number of likely N-dealkylation sites (tertiary alicyclic amines) is 1. The average Bonchev–Trinajstić information content (AvgIpc) is 3.15. The Kier molecular flexibility index (Phi) is 5.50. The number of piperidine rings is 1. The summed E-state index contributed by atoms with van der Waals surface area (Å²) < 4.78 is 1.97. The average molecular weight is 445 g/mol. The van der Waals surface area contributed by atoms with Gasteiger partial charge in [-0.3, -0.25) is 4.79 Å². The van der Waals surface area contributed by atoms with E-state index in [1.54, 1.807) is 0 Å². The maximum atomic E-state index is 13.2. The maximum Gasteiger partial charge on any atom is 0.229 e. The molecule has 0 saturated carbocycles. The molecular formula is C26H32N6O. The summed E-state index contributed by atoms with van der Waals surface area (Å²) in [7, 11) is 0. The van der Waals surface area contributed by atoms with Crippen LogP contribution in [0.4, 0.5) is 5.82 Å². The lowest BCUT2D eigenvalue weighted by atomic mass is 9.89. The Hall–Kier alpha value is -2.93. The third kappa shape index (κ3) is 3.99. The van der Waals surface area contributed by atoms with E-state index in [0.717, 1.165) is 82.8 Å². The Morgan fingerprint density at radius 2 is 1.82 bits per heavy atom. The van der Waals surface area contributed by atoms with E-state index in [-0.39, 0.29) is 5.92 Å². The summed E-state index contributed by atoms with van der Waals surface area (Å²) in [6, 6.07) is 12.7. The van der Waals surface area contributed by atoms with Crippen molar-refractivity contribution in [3.63, 3.8) is 0 Å². The van der Waals surface area contributed by atoms with E-state index < -0.39 is 0 Å². The molecule has 2 aromatic heterocycles. The van der Waals surface area contributed by atoms with Crippen LogP contribution in [0.3, 0.4) is 0 Å². The molecule has 3 aliphatic heterocycles. The van der Waals surface area contributed by atoms with Crippen LogP contribution in [0.1, 0.15) is 29.7 Å². The Bertz CT molecular complexity index is 1130. The number of amides is 1. The Morgan fingerprint density at radius 1 is 1.03 bits per heavy atom. The highest BCUT2D eigenvalue weighted by molar-refractivity contribution is 5.82. The van der Waals surface area contributed by atoms with E-state index in [4.69, 9.17) is 4.98 Å². The molecule has 1 amide bonds. The molecule has 6 rings (SSSR count). The molecule has 0 atom stereocenters. The monoisotopic (exact) mass is 444 g/mol. The molecule has 7 nitrogen and oxygen atoms in total. The highest BCUT2D eigenvalue weighted by Crippen LogP contribution is 2.33. The second-order valence-electron chi connectivity index (χ2n) is 9.77. The lowest BCUT2D eigenvalue weighted by Gasteiger charge is -2.44. The van der Waals surface area contributed by atoms with Gasteiger partial charge in [-0.1, -0.05) is 30.3 Å². The van der Waals surface area contributed by atoms with Gasteiger partial charge in [0.1, 0.15) is 5.82 Å². The van der Waals surface area contributed by atoms with Gasteiger partial charge in [0.2, 0.25) is 5.91 Å². The lowest BCUT2D eigenvalue weighted by Crippen LogP contribution is -2.56. The lowest BCUT2D eigenvalue weighted by molar-refractivity contribution is -0.137. The molecule has 5 heterocycles. The third-order valence-electron chi connectivity index (χ3n) is 7.61. The first-order valence-electron chi connectivity index (χ1n) is 12.4. The highest BCUT2D eigenvalue weighted by Gasteiger charge is 2.39. The summed E-state index contributed by atoms with van der Waals surface area (Å²) in [6.45, 7) is 5.27. The van der Waals surface area contributed by atoms with Crippen LogP contribution in [0.2, 0.25) is 0 Å². The second kappa shape index (κ2) is 8.78. The molecule has 2 saturated heterocycles. The first-order valence-corrected chi connectivity index (χ1v) is 12.4. The van der Waals surface area contributed by atoms with E-state index in [9.17, 15) is 4.79 Å². The quantitative estimate of drug-likeness (QED) is 0.669. The molecule has 2 fully saturated rings. The fourth-order valence-corrected chi connectivity index (χ4v) is 5.71. The normalized spacial score (nSPS) is 19.9. The number of nitrogens with one attached hydrogen (secondary N) is 1. The Labute approximate surface area is 194 Å².